The van der Waals surface area contributed by atoms with Gasteiger partial charge in [-0.25, -0.2) is 13.1 Å². The van der Waals surface area contributed by atoms with Crippen LogP contribution in [-0.2, 0) is 14.8 Å². The quantitative estimate of drug-likeness (QED) is 0.582. The predicted molar refractivity (Wildman–Crippen MR) is 70.7 cm³/mol. The van der Waals surface area contributed by atoms with Crippen molar-refractivity contribution in [3.8, 4) is 0 Å². The van der Waals surface area contributed by atoms with Crippen molar-refractivity contribution in [3.63, 3.8) is 0 Å². The third-order valence-electron chi connectivity index (χ3n) is 3.42. The summed E-state index contributed by atoms with van der Waals surface area (Å²) in [5, 5.41) is 5.95. The number of carbonyl (C=O) groups excluding carboxylic acids is 1. The zero-order valence-corrected chi connectivity index (χ0v) is 11.9. The number of carbonyl (C=O) groups is 1. The van der Waals surface area contributed by atoms with Crippen molar-refractivity contribution in [3.05, 3.63) is 0 Å². The molecule has 1 heterocycles. The molecule has 1 aliphatic heterocycles. The fourth-order valence-corrected chi connectivity index (χ4v) is 2.91. The lowest BCUT2D eigenvalue weighted by molar-refractivity contribution is -0.130. The first-order valence-electron chi connectivity index (χ1n) is 6.36. The van der Waals surface area contributed by atoms with Crippen molar-refractivity contribution in [1.82, 2.24) is 15.4 Å². The van der Waals surface area contributed by atoms with Crippen molar-refractivity contribution < 1.29 is 13.2 Å². The van der Waals surface area contributed by atoms with Gasteiger partial charge < -0.3 is 10.6 Å². The predicted octanol–water partition coefficient (Wildman–Crippen LogP) is -0.568. The molecule has 0 bridgehead atoms. The van der Waals surface area contributed by atoms with Gasteiger partial charge in [0.2, 0.25) is 15.9 Å². The fourth-order valence-electron chi connectivity index (χ4n) is 2.33. The van der Waals surface area contributed by atoms with Gasteiger partial charge in [0.15, 0.2) is 0 Å². The van der Waals surface area contributed by atoms with Crippen LogP contribution in [0.4, 0.5) is 0 Å². The number of hydrogen-bond donors (Lipinski definition) is 3. The van der Waals surface area contributed by atoms with E-state index < -0.39 is 10.0 Å². The van der Waals surface area contributed by atoms with E-state index in [1.54, 1.807) is 0 Å². The number of sulfonamides is 1. The van der Waals surface area contributed by atoms with Crippen molar-refractivity contribution in [2.45, 2.75) is 26.2 Å². The summed E-state index contributed by atoms with van der Waals surface area (Å²) in [6, 6.07) is 0. The van der Waals surface area contributed by atoms with Crippen LogP contribution in [0.25, 0.3) is 0 Å². The molecule has 0 aromatic heterocycles. The smallest absolute Gasteiger partial charge is 0.227 e. The molecule has 1 atom stereocenters. The van der Waals surface area contributed by atoms with Gasteiger partial charge in [0.1, 0.15) is 0 Å². The Bertz CT molecular complexity index is 375. The number of amides is 1. The standard InChI is InChI=1S/C11H23N3O3S/c1-3-4-11(5-6-13-9-11)10(15)14-7-8-18(16,17)12-2/h12-13H,3-9H2,1-2H3,(H,14,15). The first-order valence-corrected chi connectivity index (χ1v) is 8.01. The SMILES string of the molecule is CCCC1(C(=O)NCCS(=O)(=O)NC)CCNC1. The molecule has 1 unspecified atom stereocenters. The Kier molecular flexibility index (Phi) is 5.55. The molecule has 0 aromatic rings. The monoisotopic (exact) mass is 277 g/mol. The van der Waals surface area contributed by atoms with Gasteiger partial charge in [0.05, 0.1) is 11.2 Å². The van der Waals surface area contributed by atoms with Gasteiger partial charge >= 0.3 is 0 Å². The second kappa shape index (κ2) is 6.49. The van der Waals surface area contributed by atoms with Crippen LogP contribution in [0.5, 0.6) is 0 Å². The molecule has 3 N–H and O–H groups in total. The average Bonchev–Trinajstić information content (AvgIpc) is 2.79. The number of hydrogen-bond acceptors (Lipinski definition) is 4. The van der Waals surface area contributed by atoms with Crippen molar-refractivity contribution in [1.29, 1.82) is 0 Å². The van der Waals surface area contributed by atoms with Crippen molar-refractivity contribution >= 4 is 15.9 Å². The van der Waals surface area contributed by atoms with Crippen LogP contribution in [0.1, 0.15) is 26.2 Å². The summed E-state index contributed by atoms with van der Waals surface area (Å²) in [5.74, 6) is -0.106. The van der Waals surface area contributed by atoms with Crippen molar-refractivity contribution in [2.24, 2.45) is 5.41 Å². The van der Waals surface area contributed by atoms with Crippen LogP contribution in [0.3, 0.4) is 0 Å². The molecule has 1 fully saturated rings. The maximum absolute atomic E-state index is 12.2. The summed E-state index contributed by atoms with van der Waals surface area (Å²) in [5.41, 5.74) is -0.349. The molecule has 1 rings (SSSR count). The highest BCUT2D eigenvalue weighted by Crippen LogP contribution is 2.31. The highest BCUT2D eigenvalue weighted by Gasteiger charge is 2.39. The number of rotatable bonds is 7. The van der Waals surface area contributed by atoms with E-state index in [2.05, 4.69) is 22.3 Å². The Morgan fingerprint density at radius 3 is 2.67 bits per heavy atom. The Labute approximate surface area is 109 Å². The Morgan fingerprint density at radius 1 is 1.44 bits per heavy atom. The Hall–Kier alpha value is -0.660. The van der Waals surface area contributed by atoms with Crippen molar-refractivity contribution in [2.75, 3.05) is 32.4 Å². The highest BCUT2D eigenvalue weighted by molar-refractivity contribution is 7.89. The second-order valence-corrected chi connectivity index (χ2v) is 6.78. The third kappa shape index (κ3) is 3.93. The summed E-state index contributed by atoms with van der Waals surface area (Å²) in [7, 11) is -1.88. The molecule has 0 spiro atoms. The summed E-state index contributed by atoms with van der Waals surface area (Å²) in [4.78, 5) is 12.2. The van der Waals surface area contributed by atoms with Gasteiger partial charge in [-0.2, -0.15) is 0 Å². The Balaban J connectivity index is 2.48. The lowest BCUT2D eigenvalue weighted by Crippen LogP contribution is -2.44. The van der Waals surface area contributed by atoms with Crippen LogP contribution in [0, 0.1) is 5.41 Å². The molecule has 1 aliphatic rings. The summed E-state index contributed by atoms with van der Waals surface area (Å²) in [6.07, 6.45) is 2.61. The summed E-state index contributed by atoms with van der Waals surface area (Å²) in [6.45, 7) is 3.75. The molecule has 18 heavy (non-hydrogen) atoms. The van der Waals surface area contributed by atoms with Crippen LogP contribution in [0.15, 0.2) is 0 Å². The van der Waals surface area contributed by atoms with Gasteiger partial charge in [0.25, 0.3) is 0 Å². The lowest BCUT2D eigenvalue weighted by atomic mass is 9.81. The third-order valence-corrected chi connectivity index (χ3v) is 4.78. The van der Waals surface area contributed by atoms with E-state index >= 15 is 0 Å². The molecule has 0 aromatic carbocycles. The molecule has 0 radical (unpaired) electrons. The largest absolute Gasteiger partial charge is 0.355 e. The lowest BCUT2D eigenvalue weighted by Gasteiger charge is -2.26. The van der Waals surface area contributed by atoms with E-state index in [1.807, 2.05) is 0 Å². The molecule has 0 aliphatic carbocycles. The van der Waals surface area contributed by atoms with E-state index in [4.69, 9.17) is 0 Å². The second-order valence-electron chi connectivity index (χ2n) is 4.74. The zero-order chi connectivity index (χ0) is 13.6. The zero-order valence-electron chi connectivity index (χ0n) is 11.1. The first-order chi connectivity index (χ1) is 8.46. The van der Waals surface area contributed by atoms with Crippen LogP contribution in [-0.4, -0.2) is 46.8 Å². The van der Waals surface area contributed by atoms with E-state index in [0.717, 1.165) is 25.8 Å². The molecule has 106 valence electrons. The molecular formula is C11H23N3O3S. The van der Waals surface area contributed by atoms with Gasteiger partial charge in [-0.3, -0.25) is 4.79 Å². The maximum Gasteiger partial charge on any atom is 0.227 e. The van der Waals surface area contributed by atoms with Gasteiger partial charge in [-0.05, 0) is 26.4 Å². The molecule has 1 amide bonds. The maximum atomic E-state index is 12.2. The first kappa shape index (κ1) is 15.4. The van der Waals surface area contributed by atoms with Gasteiger partial charge in [0, 0.05) is 13.1 Å². The minimum atomic E-state index is -3.25. The van der Waals surface area contributed by atoms with E-state index in [-0.39, 0.29) is 23.6 Å². The summed E-state index contributed by atoms with van der Waals surface area (Å²) >= 11 is 0. The number of nitrogens with one attached hydrogen (secondary N) is 3. The minimum Gasteiger partial charge on any atom is -0.355 e. The van der Waals surface area contributed by atoms with Gasteiger partial charge in [-0.1, -0.05) is 13.3 Å². The summed E-state index contributed by atoms with van der Waals surface area (Å²) < 4.78 is 24.7. The molecular weight excluding hydrogens is 254 g/mol. The van der Waals surface area contributed by atoms with Crippen LogP contribution in [0.2, 0.25) is 0 Å². The van der Waals surface area contributed by atoms with Crippen LogP contribution < -0.4 is 15.4 Å². The van der Waals surface area contributed by atoms with E-state index in [1.165, 1.54) is 7.05 Å². The highest BCUT2D eigenvalue weighted by atomic mass is 32.2. The average molecular weight is 277 g/mol. The fraction of sp³-hybridized carbons (Fsp3) is 0.909. The van der Waals surface area contributed by atoms with E-state index in [9.17, 15) is 13.2 Å². The minimum absolute atomic E-state index is 0.0272. The van der Waals surface area contributed by atoms with Crippen LogP contribution >= 0.6 is 0 Å². The normalized spacial score (nSPS) is 24.1. The topological polar surface area (TPSA) is 87.3 Å². The molecule has 6 nitrogen and oxygen atoms in total. The molecule has 1 saturated heterocycles. The Morgan fingerprint density at radius 2 is 2.17 bits per heavy atom. The molecule has 7 heteroatoms. The van der Waals surface area contributed by atoms with E-state index in [0.29, 0.717) is 6.54 Å². The molecule has 0 saturated carbocycles. The van der Waals surface area contributed by atoms with Gasteiger partial charge in [-0.15, -0.1) is 0 Å².